The first-order valence-electron chi connectivity index (χ1n) is 46.0. The Morgan fingerprint density at radius 2 is 0.559 bits per heavy atom. The highest BCUT2D eigenvalue weighted by molar-refractivity contribution is 7.07. The summed E-state index contributed by atoms with van der Waals surface area (Å²) in [6.07, 6.45) is 37.6. The van der Waals surface area contributed by atoms with Crippen LogP contribution >= 0.6 is 11.3 Å². The van der Waals surface area contributed by atoms with E-state index in [1.54, 1.807) is 91.6 Å². The van der Waals surface area contributed by atoms with Gasteiger partial charge in [0, 0.05) is 125 Å². The zero-order valence-electron chi connectivity index (χ0n) is 77.5. The lowest BCUT2D eigenvalue weighted by Gasteiger charge is -2.19. The van der Waals surface area contributed by atoms with Crippen LogP contribution in [0.2, 0.25) is 0 Å². The maximum absolute atomic E-state index is 4.58. The van der Waals surface area contributed by atoms with Crippen molar-refractivity contribution in [1.82, 2.24) is 100 Å². The molecule has 0 spiro atoms. The van der Waals surface area contributed by atoms with Gasteiger partial charge in [0.25, 0.3) is 0 Å². The van der Waals surface area contributed by atoms with Crippen molar-refractivity contribution in [3.8, 4) is 11.1 Å². The van der Waals surface area contributed by atoms with Gasteiger partial charge in [0.05, 0.1) is 77.9 Å². The molecule has 2 aliphatic rings. The van der Waals surface area contributed by atoms with E-state index in [0.717, 1.165) is 82.5 Å². The molecule has 2 aliphatic carbocycles. The fourth-order valence-corrected chi connectivity index (χ4v) is 16.1. The van der Waals surface area contributed by atoms with E-state index in [2.05, 4.69) is 303 Å². The SMILES string of the molecule is c1cc2c3c(c1)ccc1cccc(c13)CC2.c1ccc2c(c1)CCc1ccccc1-2.c1ccc2c(c1)ccc1cccnc12.c1ccc2cnccc2c1.c1ccc2nc3ccccc3cc2c1.c1ccc2nc3ccccc3nc2c1.c1ccc2nccnc2c1.c1ccnnc1.c1cnc2c(c1)ccc1cccnc12.c1cnc2cccnc2c1.c1cnccn1.c1cocn1.c1nnco1.c1nncs1. The average Bonchev–Trinajstić information content (AvgIpc) is 1.26. The van der Waals surface area contributed by atoms with E-state index in [9.17, 15) is 0 Å². The van der Waals surface area contributed by atoms with Crippen LogP contribution in [0.25, 0.3) is 153 Å². The van der Waals surface area contributed by atoms with Crippen molar-refractivity contribution in [3.05, 3.63) is 534 Å². The molecule has 0 radical (unpaired) electrons. The van der Waals surface area contributed by atoms with Gasteiger partial charge in [0.2, 0.25) is 12.8 Å². The molecule has 14 aromatic heterocycles. The van der Waals surface area contributed by atoms with E-state index in [0.29, 0.717) is 0 Å². The van der Waals surface area contributed by atoms with Gasteiger partial charge >= 0.3 is 0 Å². The number of hydrogen-bond acceptors (Lipinski definition) is 23. The summed E-state index contributed by atoms with van der Waals surface area (Å²) in [7, 11) is 0. The fourth-order valence-electron chi connectivity index (χ4n) is 15.8. The molecule has 0 atom stereocenters. The second-order valence-electron chi connectivity index (χ2n) is 31.5. The lowest BCUT2D eigenvalue weighted by atomic mass is 9.86. The predicted octanol–water partition coefficient (Wildman–Crippen LogP) is 27.6. The van der Waals surface area contributed by atoms with Crippen LogP contribution in [-0.4, -0.2) is 100 Å². The van der Waals surface area contributed by atoms with E-state index in [-0.39, 0.29) is 0 Å². The Balaban J connectivity index is 0.000000107. The summed E-state index contributed by atoms with van der Waals surface area (Å²) < 4.78 is 8.83. The Morgan fingerprint density at radius 1 is 0.196 bits per heavy atom. The second-order valence-corrected chi connectivity index (χ2v) is 32.2. The van der Waals surface area contributed by atoms with Crippen molar-refractivity contribution in [3.63, 3.8) is 0 Å². The molecule has 0 unspecified atom stereocenters. The average molecular weight is 1880 g/mol. The number of oxazole rings is 1. The molecular formula is C120H92N20O2S. The number of fused-ring (bicyclic) bond motifs is 16. The lowest BCUT2D eigenvalue weighted by Crippen LogP contribution is -2.02. The summed E-state index contributed by atoms with van der Waals surface area (Å²) in [6.45, 7) is 0. The molecule has 0 amide bonds. The van der Waals surface area contributed by atoms with E-state index in [1.165, 1.54) is 155 Å². The van der Waals surface area contributed by atoms with Crippen LogP contribution in [0.1, 0.15) is 22.3 Å². The van der Waals surface area contributed by atoms with Gasteiger partial charge in [0.15, 0.2) is 6.39 Å². The summed E-state index contributed by atoms with van der Waals surface area (Å²) in [4.78, 5) is 58.2. The minimum atomic E-state index is 0.949. The Hall–Kier alpha value is -19.3. The van der Waals surface area contributed by atoms with Crippen molar-refractivity contribution in [1.29, 1.82) is 0 Å². The quantitative estimate of drug-likeness (QED) is 0.101. The van der Waals surface area contributed by atoms with Crippen molar-refractivity contribution in [2.45, 2.75) is 25.7 Å². The standard InChI is InChI=1S/C16H12.C14H12.2C13H9N.2C12H8N2.C9H7N.2C8H6N2.2C4H4N2.C3H3NO.C2H2N2O.C2H2N2S/c1-3-11-7-9-13-5-2-6-14-10-8-12(4-1)15(11)16(13)14;1-3-7-13-11(5-1)9-10-12-6-2-4-8-14(12)13;1-3-7-12-10(5-1)9-11-6-2-4-8-13(11)14-12;1-2-6-12-10(4-1)7-8-11-5-3-9-14-13(11)12;1-3-9-5-6-10-4-2-8-14-12(10)11(9)13-7-1;1-2-6-10-9(5-1)13-11-7-3-4-8-12(11)14-10;1-2-4-9-7-10-6-5-8(9)3-1;1-3-7-8(9-5-1)4-2-6-10-7;1-2-4-8-7(3-1)9-5-6-10-8;1-2-6-4-3-5-1;1-2-4-6-5-3-1;1-2-5-3-4-1;2*1-3-4-2-5-1/h1-7,9H,8,10H2;1-8H,9-10H2;2*1-9H;2*1-8H;1-7H;2*1-6H;2*1-4H;1-3H;2*1-2H. The van der Waals surface area contributed by atoms with Crippen molar-refractivity contribution < 1.29 is 8.83 Å². The normalized spacial score (nSPS) is 10.7. The van der Waals surface area contributed by atoms with Crippen LogP contribution < -0.4 is 0 Å². The second kappa shape index (κ2) is 51.6. The first-order chi connectivity index (χ1) is 71.0. The van der Waals surface area contributed by atoms with E-state index < -0.39 is 0 Å². The van der Waals surface area contributed by atoms with E-state index in [4.69, 9.17) is 0 Å². The molecule has 14 aromatic carbocycles. The monoisotopic (exact) mass is 1880 g/mol. The third kappa shape index (κ3) is 27.1. The number of benzene rings is 14. The highest BCUT2D eigenvalue weighted by Crippen LogP contribution is 2.37. The summed E-state index contributed by atoms with van der Waals surface area (Å²) in [5, 5.41) is 37.2. The van der Waals surface area contributed by atoms with Gasteiger partial charge in [0.1, 0.15) is 17.3 Å². The summed E-state index contributed by atoms with van der Waals surface area (Å²) in [6, 6.07) is 128. The summed E-state index contributed by atoms with van der Waals surface area (Å²) >= 11 is 1.49. The molecule has 0 aliphatic heterocycles. The van der Waals surface area contributed by atoms with Crippen LogP contribution in [0.15, 0.2) is 521 Å². The molecule has 22 nitrogen and oxygen atoms in total. The van der Waals surface area contributed by atoms with Crippen molar-refractivity contribution >= 4 is 153 Å². The lowest BCUT2D eigenvalue weighted by molar-refractivity contribution is 0.553. The number of rotatable bonds is 0. The Bertz CT molecular complexity index is 7510. The summed E-state index contributed by atoms with van der Waals surface area (Å²) in [5.41, 5.74) is 25.0. The largest absolute Gasteiger partial charge is 0.452 e. The molecular weight excluding hydrogens is 1790 g/mol. The van der Waals surface area contributed by atoms with E-state index >= 15 is 0 Å². The summed E-state index contributed by atoms with van der Waals surface area (Å²) in [5.74, 6) is 0. The Morgan fingerprint density at radius 3 is 0.993 bits per heavy atom. The Kier molecular flexibility index (Phi) is 34.5. The van der Waals surface area contributed by atoms with Gasteiger partial charge in [-0.2, -0.15) is 10.2 Å². The number of aromatic nitrogens is 20. The molecule has 0 bridgehead atoms. The number of para-hydroxylation sites is 8. The molecule has 0 saturated carbocycles. The van der Waals surface area contributed by atoms with Crippen LogP contribution in [0.4, 0.5) is 0 Å². The van der Waals surface area contributed by atoms with Gasteiger partial charge < -0.3 is 8.83 Å². The first kappa shape index (κ1) is 95.5. The minimum Gasteiger partial charge on any atom is -0.452 e. The van der Waals surface area contributed by atoms with Crippen molar-refractivity contribution in [2.24, 2.45) is 0 Å². The van der Waals surface area contributed by atoms with E-state index in [1.807, 2.05) is 201 Å². The molecule has 690 valence electrons. The number of hydrogen-bond donors (Lipinski definition) is 0. The third-order valence-electron chi connectivity index (χ3n) is 22.4. The van der Waals surface area contributed by atoms with Gasteiger partial charge in [-0.05, 0) is 212 Å². The first-order valence-corrected chi connectivity index (χ1v) is 47.0. The van der Waals surface area contributed by atoms with Crippen LogP contribution in [0, 0.1) is 0 Å². The third-order valence-corrected chi connectivity index (χ3v) is 22.8. The fraction of sp³-hybridized carbons (Fsp3) is 0.0333. The number of nitrogens with zero attached hydrogens (tertiary/aromatic N) is 20. The van der Waals surface area contributed by atoms with Gasteiger partial charge in [-0.1, -0.05) is 261 Å². The molecule has 143 heavy (non-hydrogen) atoms. The van der Waals surface area contributed by atoms with Crippen LogP contribution in [0.5, 0.6) is 0 Å². The highest BCUT2D eigenvalue weighted by Gasteiger charge is 2.16. The van der Waals surface area contributed by atoms with Crippen LogP contribution in [-0.2, 0) is 25.7 Å². The smallest absolute Gasteiger partial charge is 0.203 e. The van der Waals surface area contributed by atoms with Gasteiger partial charge in [-0.25, -0.2) is 19.9 Å². The molecule has 28 aromatic rings. The maximum Gasteiger partial charge on any atom is 0.203 e. The van der Waals surface area contributed by atoms with Gasteiger partial charge in [-0.3, -0.25) is 49.8 Å². The maximum atomic E-state index is 4.58. The molecule has 30 rings (SSSR count). The predicted molar refractivity (Wildman–Crippen MR) is 576 cm³/mol. The molecule has 0 saturated heterocycles. The zero-order valence-corrected chi connectivity index (χ0v) is 78.3. The molecule has 23 heteroatoms. The van der Waals surface area contributed by atoms with Crippen molar-refractivity contribution in [2.75, 3.05) is 0 Å². The highest BCUT2D eigenvalue weighted by atomic mass is 32.1. The molecule has 0 N–H and O–H groups in total. The zero-order chi connectivity index (χ0) is 97.0. The molecule has 14 heterocycles. The molecule has 0 fully saturated rings. The van der Waals surface area contributed by atoms with Gasteiger partial charge in [-0.15, -0.1) is 31.7 Å². The Labute approximate surface area is 827 Å². The van der Waals surface area contributed by atoms with Crippen LogP contribution in [0.3, 0.4) is 0 Å². The topological polar surface area (TPSA) is 284 Å². The number of aryl methyl sites for hydroxylation is 4. The minimum absolute atomic E-state index is 0.949. The number of pyridine rings is 7.